The van der Waals surface area contributed by atoms with Crippen LogP contribution in [0, 0.1) is 6.92 Å². The number of nitrogens with zero attached hydrogens (tertiary/aromatic N) is 2. The molecule has 1 heterocycles. The second-order valence-electron chi connectivity index (χ2n) is 4.97. The van der Waals surface area contributed by atoms with Crippen molar-refractivity contribution in [1.82, 2.24) is 15.2 Å². The van der Waals surface area contributed by atoms with Gasteiger partial charge in [-0.15, -0.1) is 0 Å². The highest BCUT2D eigenvalue weighted by Crippen LogP contribution is 2.33. The van der Waals surface area contributed by atoms with Crippen molar-refractivity contribution in [3.8, 4) is 0 Å². The summed E-state index contributed by atoms with van der Waals surface area (Å²) in [7, 11) is 0. The Hall–Kier alpha value is -0.880. The molecule has 0 fully saturated rings. The average molecular weight is 358 g/mol. The first-order valence-corrected chi connectivity index (χ1v) is 7.58. The van der Waals surface area contributed by atoms with Crippen molar-refractivity contribution >= 4 is 27.5 Å². The Balaban J connectivity index is 2.58. The highest BCUT2D eigenvalue weighted by atomic mass is 79.9. The summed E-state index contributed by atoms with van der Waals surface area (Å²) < 4.78 is 2.94. The third-order valence-electron chi connectivity index (χ3n) is 3.34. The van der Waals surface area contributed by atoms with E-state index in [4.69, 9.17) is 17.4 Å². The zero-order valence-electron chi connectivity index (χ0n) is 11.7. The topological polar surface area (TPSA) is 55.9 Å². The van der Waals surface area contributed by atoms with Gasteiger partial charge < -0.3 is 0 Å². The second-order valence-corrected chi connectivity index (χ2v) is 6.23. The SMILES string of the molecule is Cc1c(Br)cccc1C(NN)c1c(Cl)cnn1C(C)C. The van der Waals surface area contributed by atoms with Crippen molar-refractivity contribution in [2.45, 2.75) is 32.9 Å². The molecule has 20 heavy (non-hydrogen) atoms. The summed E-state index contributed by atoms with van der Waals surface area (Å²) in [5.41, 5.74) is 5.94. The van der Waals surface area contributed by atoms with Gasteiger partial charge in [0.1, 0.15) is 0 Å². The van der Waals surface area contributed by atoms with Crippen LogP contribution in [0.15, 0.2) is 28.9 Å². The zero-order valence-corrected chi connectivity index (χ0v) is 14.0. The van der Waals surface area contributed by atoms with Crippen molar-refractivity contribution in [2.24, 2.45) is 5.84 Å². The molecule has 4 nitrogen and oxygen atoms in total. The van der Waals surface area contributed by atoms with Gasteiger partial charge in [-0.05, 0) is 38.0 Å². The Morgan fingerprint density at radius 3 is 2.70 bits per heavy atom. The molecule has 2 aromatic rings. The zero-order chi connectivity index (χ0) is 14.9. The number of halogens is 2. The quantitative estimate of drug-likeness (QED) is 0.647. The van der Waals surface area contributed by atoms with Gasteiger partial charge in [-0.1, -0.05) is 39.7 Å². The average Bonchev–Trinajstić information content (AvgIpc) is 2.78. The van der Waals surface area contributed by atoms with Crippen LogP contribution in [0.25, 0.3) is 0 Å². The van der Waals surface area contributed by atoms with E-state index >= 15 is 0 Å². The lowest BCUT2D eigenvalue weighted by Gasteiger charge is -2.22. The normalized spacial score (nSPS) is 12.9. The minimum atomic E-state index is -0.204. The monoisotopic (exact) mass is 356 g/mol. The van der Waals surface area contributed by atoms with Crippen LogP contribution in [0.5, 0.6) is 0 Å². The summed E-state index contributed by atoms with van der Waals surface area (Å²) in [6.07, 6.45) is 1.66. The molecule has 1 aromatic heterocycles. The largest absolute Gasteiger partial charge is 0.271 e. The molecule has 0 spiro atoms. The molecule has 0 aliphatic carbocycles. The lowest BCUT2D eigenvalue weighted by Crippen LogP contribution is -2.32. The maximum atomic E-state index is 6.31. The van der Waals surface area contributed by atoms with E-state index in [0.717, 1.165) is 21.3 Å². The molecular weight excluding hydrogens is 340 g/mol. The van der Waals surface area contributed by atoms with Crippen LogP contribution < -0.4 is 11.3 Å². The van der Waals surface area contributed by atoms with E-state index in [-0.39, 0.29) is 12.1 Å². The molecule has 1 aromatic carbocycles. The van der Waals surface area contributed by atoms with Crippen molar-refractivity contribution in [3.63, 3.8) is 0 Å². The van der Waals surface area contributed by atoms with E-state index in [0.29, 0.717) is 5.02 Å². The number of benzene rings is 1. The fourth-order valence-electron chi connectivity index (χ4n) is 2.29. The van der Waals surface area contributed by atoms with Crippen LogP contribution in [0.3, 0.4) is 0 Å². The van der Waals surface area contributed by atoms with Gasteiger partial charge in [0.05, 0.1) is 23.0 Å². The molecule has 0 saturated carbocycles. The van der Waals surface area contributed by atoms with Crippen LogP contribution in [0.4, 0.5) is 0 Å². The van der Waals surface area contributed by atoms with Crippen LogP contribution in [-0.2, 0) is 0 Å². The van der Waals surface area contributed by atoms with Gasteiger partial charge in [0, 0.05) is 10.5 Å². The van der Waals surface area contributed by atoms with E-state index < -0.39 is 0 Å². The van der Waals surface area contributed by atoms with Gasteiger partial charge in [0.25, 0.3) is 0 Å². The molecule has 0 bridgehead atoms. The molecule has 3 N–H and O–H groups in total. The molecule has 0 amide bonds. The Labute approximate surface area is 132 Å². The molecule has 0 radical (unpaired) electrons. The summed E-state index contributed by atoms with van der Waals surface area (Å²) in [5, 5.41) is 4.95. The van der Waals surface area contributed by atoms with E-state index in [1.54, 1.807) is 6.20 Å². The fraction of sp³-hybridized carbons (Fsp3) is 0.357. The van der Waals surface area contributed by atoms with Crippen molar-refractivity contribution in [3.05, 3.63) is 50.7 Å². The Morgan fingerprint density at radius 2 is 2.10 bits per heavy atom. The molecule has 1 unspecified atom stereocenters. The number of hydrogen-bond acceptors (Lipinski definition) is 3. The van der Waals surface area contributed by atoms with Crippen LogP contribution in [0.1, 0.15) is 42.8 Å². The Bertz CT molecular complexity index is 609. The highest BCUT2D eigenvalue weighted by molar-refractivity contribution is 9.10. The maximum absolute atomic E-state index is 6.31. The van der Waals surface area contributed by atoms with Crippen LogP contribution in [0.2, 0.25) is 5.02 Å². The smallest absolute Gasteiger partial charge is 0.0896 e. The Morgan fingerprint density at radius 1 is 1.40 bits per heavy atom. The molecule has 2 rings (SSSR count). The van der Waals surface area contributed by atoms with E-state index in [1.807, 2.05) is 29.8 Å². The fourth-order valence-corrected chi connectivity index (χ4v) is 2.91. The minimum Gasteiger partial charge on any atom is -0.271 e. The third kappa shape index (κ3) is 2.76. The molecular formula is C14H18BrClN4. The number of nitrogens with one attached hydrogen (secondary N) is 1. The summed E-state index contributed by atoms with van der Waals surface area (Å²) in [5.74, 6) is 5.79. The van der Waals surface area contributed by atoms with Gasteiger partial charge in [-0.3, -0.25) is 10.5 Å². The first-order chi connectivity index (χ1) is 9.47. The van der Waals surface area contributed by atoms with Crippen LogP contribution >= 0.6 is 27.5 Å². The van der Waals surface area contributed by atoms with E-state index in [9.17, 15) is 0 Å². The third-order valence-corrected chi connectivity index (χ3v) is 4.49. The lowest BCUT2D eigenvalue weighted by atomic mass is 9.99. The predicted octanol–water partition coefficient (Wildman–Crippen LogP) is 3.74. The standard InChI is InChI=1S/C14H18BrClN4/c1-8(2)20-14(12(16)7-18-20)13(19-17)10-5-4-6-11(15)9(10)3/h4-8,13,19H,17H2,1-3H3. The summed E-state index contributed by atoms with van der Waals surface area (Å²) in [6.45, 7) is 6.18. The highest BCUT2D eigenvalue weighted by Gasteiger charge is 2.24. The number of nitrogens with two attached hydrogens (primary N) is 1. The van der Waals surface area contributed by atoms with Crippen molar-refractivity contribution in [1.29, 1.82) is 0 Å². The molecule has 0 aliphatic rings. The summed E-state index contributed by atoms with van der Waals surface area (Å²) >= 11 is 9.86. The van der Waals surface area contributed by atoms with E-state index in [2.05, 4.69) is 40.3 Å². The molecule has 6 heteroatoms. The van der Waals surface area contributed by atoms with Gasteiger partial charge >= 0.3 is 0 Å². The summed E-state index contributed by atoms with van der Waals surface area (Å²) in [4.78, 5) is 0. The molecule has 0 aliphatic heterocycles. The second kappa shape index (κ2) is 6.26. The molecule has 108 valence electrons. The molecule has 1 atom stereocenters. The first-order valence-electron chi connectivity index (χ1n) is 6.41. The number of rotatable bonds is 4. The maximum Gasteiger partial charge on any atom is 0.0896 e. The van der Waals surface area contributed by atoms with Gasteiger partial charge in [0.15, 0.2) is 0 Å². The predicted molar refractivity (Wildman–Crippen MR) is 85.7 cm³/mol. The van der Waals surface area contributed by atoms with Gasteiger partial charge in [-0.2, -0.15) is 5.10 Å². The summed E-state index contributed by atoms with van der Waals surface area (Å²) in [6, 6.07) is 6.04. The Kier molecular flexibility index (Phi) is 4.86. The minimum absolute atomic E-state index is 0.204. The number of hydrogen-bond donors (Lipinski definition) is 2. The molecule has 0 saturated heterocycles. The van der Waals surface area contributed by atoms with Gasteiger partial charge in [0.2, 0.25) is 0 Å². The number of aromatic nitrogens is 2. The van der Waals surface area contributed by atoms with Gasteiger partial charge in [-0.25, -0.2) is 5.43 Å². The lowest BCUT2D eigenvalue weighted by molar-refractivity contribution is 0.476. The first kappa shape index (κ1) is 15.5. The van der Waals surface area contributed by atoms with Crippen molar-refractivity contribution < 1.29 is 0 Å². The van der Waals surface area contributed by atoms with Crippen LogP contribution in [-0.4, -0.2) is 9.78 Å². The number of hydrazine groups is 1. The van der Waals surface area contributed by atoms with E-state index in [1.165, 1.54) is 0 Å². The van der Waals surface area contributed by atoms with Crippen molar-refractivity contribution in [2.75, 3.05) is 0 Å².